The molecular weight excluding hydrogens is 383 g/mol. The average molecular weight is 407 g/mol. The summed E-state index contributed by atoms with van der Waals surface area (Å²) in [5.74, 6) is 0.230. The van der Waals surface area contributed by atoms with Crippen molar-refractivity contribution in [2.24, 2.45) is 0 Å². The minimum absolute atomic E-state index is 0.295. The van der Waals surface area contributed by atoms with Crippen LogP contribution in [0.15, 0.2) is 36.4 Å². The minimum atomic E-state index is -0.295. The second-order valence-corrected chi connectivity index (χ2v) is 7.67. The van der Waals surface area contributed by atoms with E-state index in [1.807, 2.05) is 19.1 Å². The number of piperidine rings is 1. The number of carbonyl (C=O) groups is 1. The van der Waals surface area contributed by atoms with Gasteiger partial charge in [-0.1, -0.05) is 35.7 Å². The van der Waals surface area contributed by atoms with Gasteiger partial charge in [0.15, 0.2) is 0 Å². The third kappa shape index (κ3) is 5.61. The van der Waals surface area contributed by atoms with Crippen LogP contribution in [0.2, 0.25) is 10.0 Å². The highest BCUT2D eigenvalue weighted by molar-refractivity contribution is 6.34. The van der Waals surface area contributed by atoms with Gasteiger partial charge in [0.2, 0.25) is 0 Å². The van der Waals surface area contributed by atoms with Crippen LogP contribution in [0.5, 0.6) is 5.75 Å². The minimum Gasteiger partial charge on any atom is -0.491 e. The Labute approximate surface area is 170 Å². The summed E-state index contributed by atoms with van der Waals surface area (Å²) in [5, 5.41) is 3.82. The van der Waals surface area contributed by atoms with Crippen molar-refractivity contribution in [3.8, 4) is 5.75 Å². The van der Waals surface area contributed by atoms with E-state index in [4.69, 9.17) is 27.9 Å². The van der Waals surface area contributed by atoms with Crippen molar-refractivity contribution in [1.82, 2.24) is 4.90 Å². The van der Waals surface area contributed by atoms with Crippen molar-refractivity contribution in [1.29, 1.82) is 0 Å². The SMILES string of the molecule is Cc1ccc(NC(=O)c2cc(Cl)ccc2OCCN2CCCCC2)c(Cl)c1. The van der Waals surface area contributed by atoms with Gasteiger partial charge in [-0.15, -0.1) is 0 Å². The maximum absolute atomic E-state index is 12.8. The number of hydrogen-bond acceptors (Lipinski definition) is 3. The number of rotatable bonds is 6. The number of hydrogen-bond donors (Lipinski definition) is 1. The number of ether oxygens (including phenoxy) is 1. The van der Waals surface area contributed by atoms with Crippen molar-refractivity contribution in [3.63, 3.8) is 0 Å². The molecular formula is C21H24Cl2N2O2. The molecule has 0 aromatic heterocycles. The molecule has 1 aliphatic rings. The Kier molecular flexibility index (Phi) is 7.00. The van der Waals surface area contributed by atoms with E-state index in [2.05, 4.69) is 10.2 Å². The summed E-state index contributed by atoms with van der Waals surface area (Å²) >= 11 is 12.3. The molecule has 2 aromatic carbocycles. The van der Waals surface area contributed by atoms with E-state index in [0.717, 1.165) is 25.2 Å². The second kappa shape index (κ2) is 9.45. The van der Waals surface area contributed by atoms with Gasteiger partial charge in [-0.05, 0) is 68.8 Å². The van der Waals surface area contributed by atoms with Gasteiger partial charge in [0, 0.05) is 11.6 Å². The highest BCUT2D eigenvalue weighted by Gasteiger charge is 2.16. The van der Waals surface area contributed by atoms with Crippen LogP contribution in [0.1, 0.15) is 35.2 Å². The molecule has 6 heteroatoms. The molecule has 1 N–H and O–H groups in total. The first-order valence-electron chi connectivity index (χ1n) is 9.25. The normalized spacial score (nSPS) is 14.8. The van der Waals surface area contributed by atoms with Gasteiger partial charge < -0.3 is 10.1 Å². The zero-order valence-corrected chi connectivity index (χ0v) is 16.9. The molecule has 1 amide bonds. The molecule has 0 bridgehead atoms. The molecule has 4 nitrogen and oxygen atoms in total. The van der Waals surface area contributed by atoms with E-state index in [1.165, 1.54) is 19.3 Å². The lowest BCUT2D eigenvalue weighted by atomic mass is 10.1. The molecule has 0 atom stereocenters. The standard InChI is InChI=1S/C21H24Cl2N2O2/c1-15-5-7-19(18(23)13-15)24-21(26)17-14-16(22)6-8-20(17)27-12-11-25-9-3-2-4-10-25/h5-8,13-14H,2-4,9-12H2,1H3,(H,24,26). The number of amides is 1. The van der Waals surface area contributed by atoms with Crippen LogP contribution in [0.4, 0.5) is 5.69 Å². The lowest BCUT2D eigenvalue weighted by Gasteiger charge is -2.26. The van der Waals surface area contributed by atoms with E-state index in [1.54, 1.807) is 24.3 Å². The van der Waals surface area contributed by atoms with Crippen molar-refractivity contribution >= 4 is 34.8 Å². The Morgan fingerprint density at radius 3 is 2.63 bits per heavy atom. The van der Waals surface area contributed by atoms with Crippen molar-refractivity contribution in [2.75, 3.05) is 31.6 Å². The first-order valence-corrected chi connectivity index (χ1v) is 10.0. The molecule has 1 heterocycles. The Morgan fingerprint density at radius 2 is 1.89 bits per heavy atom. The quantitative estimate of drug-likeness (QED) is 0.695. The molecule has 1 fully saturated rings. The summed E-state index contributed by atoms with van der Waals surface area (Å²) in [5.41, 5.74) is 1.99. The maximum Gasteiger partial charge on any atom is 0.259 e. The molecule has 1 aliphatic heterocycles. The molecule has 0 unspecified atom stereocenters. The van der Waals surface area contributed by atoms with Crippen LogP contribution in [0, 0.1) is 6.92 Å². The molecule has 0 radical (unpaired) electrons. The first-order chi connectivity index (χ1) is 13.0. The van der Waals surface area contributed by atoms with Gasteiger partial charge in [0.1, 0.15) is 12.4 Å². The maximum atomic E-state index is 12.8. The third-order valence-electron chi connectivity index (χ3n) is 4.67. The van der Waals surface area contributed by atoms with Gasteiger partial charge in [-0.3, -0.25) is 9.69 Å². The fourth-order valence-electron chi connectivity index (χ4n) is 3.18. The highest BCUT2D eigenvalue weighted by atomic mass is 35.5. The van der Waals surface area contributed by atoms with Gasteiger partial charge in [0.25, 0.3) is 5.91 Å². The van der Waals surface area contributed by atoms with E-state index in [-0.39, 0.29) is 5.91 Å². The fraction of sp³-hybridized carbons (Fsp3) is 0.381. The number of anilines is 1. The van der Waals surface area contributed by atoms with Gasteiger partial charge in [-0.25, -0.2) is 0 Å². The number of carbonyl (C=O) groups excluding carboxylic acids is 1. The molecule has 1 saturated heterocycles. The summed E-state index contributed by atoms with van der Waals surface area (Å²) < 4.78 is 5.91. The summed E-state index contributed by atoms with van der Waals surface area (Å²) in [7, 11) is 0. The predicted octanol–water partition coefficient (Wildman–Crippen LogP) is 5.42. The van der Waals surface area contributed by atoms with Crippen LogP contribution >= 0.6 is 23.2 Å². The lowest BCUT2D eigenvalue weighted by Crippen LogP contribution is -2.33. The Morgan fingerprint density at radius 1 is 1.11 bits per heavy atom. The van der Waals surface area contributed by atoms with E-state index < -0.39 is 0 Å². The Balaban J connectivity index is 1.68. The monoisotopic (exact) mass is 406 g/mol. The smallest absolute Gasteiger partial charge is 0.259 e. The van der Waals surface area contributed by atoms with Crippen molar-refractivity contribution in [2.45, 2.75) is 26.2 Å². The first kappa shape index (κ1) is 20.0. The molecule has 0 saturated carbocycles. The van der Waals surface area contributed by atoms with E-state index in [0.29, 0.717) is 33.7 Å². The number of halogens is 2. The number of benzene rings is 2. The van der Waals surface area contributed by atoms with Gasteiger partial charge in [-0.2, -0.15) is 0 Å². The van der Waals surface area contributed by atoms with Crippen LogP contribution in [0.3, 0.4) is 0 Å². The summed E-state index contributed by atoms with van der Waals surface area (Å²) in [6.07, 6.45) is 3.79. The van der Waals surface area contributed by atoms with E-state index in [9.17, 15) is 4.79 Å². The number of aryl methyl sites for hydroxylation is 1. The Bertz CT molecular complexity index is 805. The van der Waals surface area contributed by atoms with Crippen molar-refractivity contribution < 1.29 is 9.53 Å². The van der Waals surface area contributed by atoms with Crippen LogP contribution in [-0.2, 0) is 0 Å². The summed E-state index contributed by atoms with van der Waals surface area (Å²) in [4.78, 5) is 15.2. The Hall–Kier alpha value is -1.75. The number of nitrogens with zero attached hydrogens (tertiary/aromatic N) is 1. The summed E-state index contributed by atoms with van der Waals surface area (Å²) in [6.45, 7) is 5.57. The van der Waals surface area contributed by atoms with Gasteiger partial charge in [0.05, 0.1) is 16.3 Å². The van der Waals surface area contributed by atoms with Gasteiger partial charge >= 0.3 is 0 Å². The molecule has 144 valence electrons. The molecule has 2 aromatic rings. The zero-order chi connectivity index (χ0) is 19.2. The molecule has 3 rings (SSSR count). The summed E-state index contributed by atoms with van der Waals surface area (Å²) in [6, 6.07) is 10.6. The van der Waals surface area contributed by atoms with Crippen LogP contribution in [-0.4, -0.2) is 37.0 Å². The van der Waals surface area contributed by atoms with Crippen LogP contribution in [0.25, 0.3) is 0 Å². The molecule has 27 heavy (non-hydrogen) atoms. The third-order valence-corrected chi connectivity index (χ3v) is 5.22. The number of nitrogens with one attached hydrogen (secondary N) is 1. The average Bonchev–Trinajstić information content (AvgIpc) is 2.66. The van der Waals surface area contributed by atoms with Crippen molar-refractivity contribution in [3.05, 3.63) is 57.6 Å². The zero-order valence-electron chi connectivity index (χ0n) is 15.4. The topological polar surface area (TPSA) is 41.6 Å². The molecule has 0 spiro atoms. The molecule has 0 aliphatic carbocycles. The lowest BCUT2D eigenvalue weighted by molar-refractivity contribution is 0.102. The fourth-order valence-corrected chi connectivity index (χ4v) is 3.64. The number of likely N-dealkylation sites (tertiary alicyclic amines) is 1. The predicted molar refractivity (Wildman–Crippen MR) is 111 cm³/mol. The van der Waals surface area contributed by atoms with Crippen LogP contribution < -0.4 is 10.1 Å². The highest BCUT2D eigenvalue weighted by Crippen LogP contribution is 2.27. The second-order valence-electron chi connectivity index (χ2n) is 6.83. The van der Waals surface area contributed by atoms with E-state index >= 15 is 0 Å². The largest absolute Gasteiger partial charge is 0.491 e.